The number of halogens is 1. The van der Waals surface area contributed by atoms with E-state index >= 15 is 0 Å². The first-order valence-electron chi connectivity index (χ1n) is 4.44. The Hall–Kier alpha value is -1.55. The van der Waals surface area contributed by atoms with Crippen LogP contribution in [0.3, 0.4) is 0 Å². The normalized spacial score (nSPS) is 10.5. The van der Waals surface area contributed by atoms with Crippen molar-refractivity contribution < 1.29 is 9.15 Å². The summed E-state index contributed by atoms with van der Waals surface area (Å²) < 4.78 is 9.85. The maximum atomic E-state index is 11.5. The monoisotopic (exact) mass is 225 g/mol. The molecule has 15 heavy (non-hydrogen) atoms. The quantitative estimate of drug-likeness (QED) is 0.787. The number of aromatic nitrogens is 1. The third-order valence-corrected chi connectivity index (χ3v) is 2.07. The lowest BCUT2D eigenvalue weighted by Crippen LogP contribution is -2.04. The molecule has 1 aromatic heterocycles. The molecule has 0 aliphatic rings. The number of nitrogens with zero attached hydrogens (tertiary/aromatic N) is 1. The van der Waals surface area contributed by atoms with Gasteiger partial charge < -0.3 is 9.15 Å². The lowest BCUT2D eigenvalue weighted by atomic mass is 10.2. The van der Waals surface area contributed by atoms with Gasteiger partial charge in [-0.15, -0.1) is 0 Å². The van der Waals surface area contributed by atoms with Crippen molar-refractivity contribution in [3.8, 4) is 6.08 Å². The first kappa shape index (κ1) is 9.98. The van der Waals surface area contributed by atoms with Crippen LogP contribution in [0, 0.1) is 0 Å². The van der Waals surface area contributed by atoms with E-state index in [4.69, 9.17) is 20.8 Å². The zero-order valence-corrected chi connectivity index (χ0v) is 8.75. The topological polar surface area (TPSA) is 52.3 Å². The molecule has 0 amide bonds. The van der Waals surface area contributed by atoms with Gasteiger partial charge >= 0.3 is 11.7 Å². The minimum Gasteiger partial charge on any atom is -0.450 e. The maximum absolute atomic E-state index is 11.5. The summed E-state index contributed by atoms with van der Waals surface area (Å²) in [5.41, 5.74) is 0.0186. The molecular formula is C10H8ClNO3. The molecule has 0 fully saturated rings. The summed E-state index contributed by atoms with van der Waals surface area (Å²) in [6.45, 7) is 2.18. The molecule has 0 saturated carbocycles. The van der Waals surface area contributed by atoms with Gasteiger partial charge in [-0.2, -0.15) is 4.98 Å². The summed E-state index contributed by atoms with van der Waals surface area (Å²) >= 11 is 5.75. The summed E-state index contributed by atoms with van der Waals surface area (Å²) in [5.74, 6) is 0. The van der Waals surface area contributed by atoms with Gasteiger partial charge in [-0.3, -0.25) is 0 Å². The SMILES string of the molecule is CCOc1nc2ccc(Cl)cc2c(=O)o1. The van der Waals surface area contributed by atoms with E-state index in [1.165, 1.54) is 6.07 Å². The highest BCUT2D eigenvalue weighted by Crippen LogP contribution is 2.17. The van der Waals surface area contributed by atoms with Gasteiger partial charge in [0.05, 0.1) is 17.5 Å². The summed E-state index contributed by atoms with van der Waals surface area (Å²) in [4.78, 5) is 15.5. The second-order valence-electron chi connectivity index (χ2n) is 2.86. The predicted octanol–water partition coefficient (Wildman–Crippen LogP) is 2.24. The first-order valence-corrected chi connectivity index (χ1v) is 4.81. The fourth-order valence-corrected chi connectivity index (χ4v) is 1.38. The summed E-state index contributed by atoms with van der Waals surface area (Å²) in [6.07, 6.45) is -0.0164. The fourth-order valence-electron chi connectivity index (χ4n) is 1.21. The number of hydrogen-bond donors (Lipinski definition) is 0. The first-order chi connectivity index (χ1) is 7.20. The highest BCUT2D eigenvalue weighted by Gasteiger charge is 2.06. The molecule has 0 unspecified atom stereocenters. The smallest absolute Gasteiger partial charge is 0.397 e. The Bertz CT molecular complexity index is 550. The lowest BCUT2D eigenvalue weighted by molar-refractivity contribution is 0.229. The van der Waals surface area contributed by atoms with Crippen LogP contribution in [0.2, 0.25) is 5.02 Å². The Balaban J connectivity index is 2.67. The summed E-state index contributed by atoms with van der Waals surface area (Å²) in [7, 11) is 0. The van der Waals surface area contributed by atoms with E-state index in [-0.39, 0.29) is 6.08 Å². The molecule has 0 N–H and O–H groups in total. The van der Waals surface area contributed by atoms with E-state index in [2.05, 4.69) is 4.98 Å². The van der Waals surface area contributed by atoms with Gasteiger partial charge in [-0.1, -0.05) is 11.6 Å². The molecule has 2 aromatic rings. The van der Waals surface area contributed by atoms with Gasteiger partial charge in [0, 0.05) is 5.02 Å². The Kier molecular flexibility index (Phi) is 2.60. The van der Waals surface area contributed by atoms with Gasteiger partial charge in [-0.05, 0) is 25.1 Å². The van der Waals surface area contributed by atoms with Crippen molar-refractivity contribution in [2.75, 3.05) is 6.61 Å². The fraction of sp³-hybridized carbons (Fsp3) is 0.200. The molecule has 1 heterocycles. The minimum absolute atomic E-state index is 0.0164. The van der Waals surface area contributed by atoms with Crippen molar-refractivity contribution in [3.05, 3.63) is 33.6 Å². The van der Waals surface area contributed by atoms with Crippen LogP contribution in [0.4, 0.5) is 0 Å². The van der Waals surface area contributed by atoms with Crippen molar-refractivity contribution in [2.24, 2.45) is 0 Å². The second kappa shape index (κ2) is 3.90. The van der Waals surface area contributed by atoms with Crippen LogP contribution >= 0.6 is 11.6 Å². The third-order valence-electron chi connectivity index (χ3n) is 1.84. The molecule has 0 spiro atoms. The molecule has 1 aromatic carbocycles. The molecule has 0 atom stereocenters. The van der Waals surface area contributed by atoms with E-state index in [9.17, 15) is 4.79 Å². The van der Waals surface area contributed by atoms with Crippen molar-refractivity contribution in [2.45, 2.75) is 6.92 Å². The van der Waals surface area contributed by atoms with Gasteiger partial charge in [0.2, 0.25) is 0 Å². The number of ether oxygens (including phenoxy) is 1. The number of benzene rings is 1. The Morgan fingerprint density at radius 1 is 1.53 bits per heavy atom. The van der Waals surface area contributed by atoms with Gasteiger partial charge in [-0.25, -0.2) is 4.79 Å². The molecule has 2 rings (SSSR count). The molecule has 0 aliphatic heterocycles. The van der Waals surface area contributed by atoms with E-state index in [0.717, 1.165) is 0 Å². The molecule has 78 valence electrons. The summed E-state index contributed by atoms with van der Waals surface area (Å²) in [5, 5.41) is 0.826. The minimum atomic E-state index is -0.494. The van der Waals surface area contributed by atoms with Crippen LogP contribution in [0.25, 0.3) is 10.9 Å². The molecule has 0 bridgehead atoms. The zero-order chi connectivity index (χ0) is 10.8. The Morgan fingerprint density at radius 3 is 3.07 bits per heavy atom. The highest BCUT2D eigenvalue weighted by atomic mass is 35.5. The second-order valence-corrected chi connectivity index (χ2v) is 3.30. The predicted molar refractivity (Wildman–Crippen MR) is 56.5 cm³/mol. The average Bonchev–Trinajstić information content (AvgIpc) is 2.20. The third kappa shape index (κ3) is 1.94. The standard InChI is InChI=1S/C10H8ClNO3/c1-2-14-10-12-8-4-3-6(11)5-7(8)9(13)15-10/h3-5H,2H2,1H3. The van der Waals surface area contributed by atoms with Crippen molar-refractivity contribution in [1.82, 2.24) is 4.98 Å². The van der Waals surface area contributed by atoms with Crippen molar-refractivity contribution in [1.29, 1.82) is 0 Å². The largest absolute Gasteiger partial charge is 0.450 e. The molecule has 5 heteroatoms. The number of fused-ring (bicyclic) bond motifs is 1. The molecule has 0 radical (unpaired) electrons. The number of hydrogen-bond acceptors (Lipinski definition) is 4. The number of rotatable bonds is 2. The maximum Gasteiger partial charge on any atom is 0.397 e. The molecule has 0 saturated heterocycles. The van der Waals surface area contributed by atoms with E-state index in [1.54, 1.807) is 19.1 Å². The molecule has 0 aliphatic carbocycles. The van der Waals surface area contributed by atoms with Crippen LogP contribution in [-0.2, 0) is 0 Å². The van der Waals surface area contributed by atoms with Crippen LogP contribution in [0.15, 0.2) is 27.4 Å². The van der Waals surface area contributed by atoms with Gasteiger partial charge in [0.1, 0.15) is 0 Å². The zero-order valence-electron chi connectivity index (χ0n) is 7.99. The van der Waals surface area contributed by atoms with Gasteiger partial charge in [0.25, 0.3) is 0 Å². The van der Waals surface area contributed by atoms with E-state index in [1.807, 2.05) is 0 Å². The van der Waals surface area contributed by atoms with E-state index < -0.39 is 5.63 Å². The molecule has 4 nitrogen and oxygen atoms in total. The van der Waals surface area contributed by atoms with Crippen LogP contribution in [0.1, 0.15) is 6.92 Å². The highest BCUT2D eigenvalue weighted by molar-refractivity contribution is 6.31. The van der Waals surface area contributed by atoms with Crippen molar-refractivity contribution in [3.63, 3.8) is 0 Å². The van der Waals surface area contributed by atoms with Crippen LogP contribution in [-0.4, -0.2) is 11.6 Å². The molecular weight excluding hydrogens is 218 g/mol. The lowest BCUT2D eigenvalue weighted by Gasteiger charge is -2.00. The van der Waals surface area contributed by atoms with E-state index in [0.29, 0.717) is 22.5 Å². The van der Waals surface area contributed by atoms with Crippen molar-refractivity contribution >= 4 is 22.5 Å². The van der Waals surface area contributed by atoms with Crippen LogP contribution < -0.4 is 10.4 Å². The Labute approximate surface area is 90.4 Å². The average molecular weight is 226 g/mol. The van der Waals surface area contributed by atoms with Crippen LogP contribution in [0.5, 0.6) is 6.08 Å². The van der Waals surface area contributed by atoms with Gasteiger partial charge in [0.15, 0.2) is 0 Å². The Morgan fingerprint density at radius 2 is 2.33 bits per heavy atom. The summed E-state index contributed by atoms with van der Waals surface area (Å²) in [6, 6.07) is 4.83.